The Morgan fingerprint density at radius 3 is 2.22 bits per heavy atom. The van der Waals surface area contributed by atoms with Crippen molar-refractivity contribution in [3.05, 3.63) is 63.7 Å². The summed E-state index contributed by atoms with van der Waals surface area (Å²) >= 11 is 0. The number of hydrogen-bond donors (Lipinski definition) is 2. The molecule has 0 unspecified atom stereocenters. The van der Waals surface area contributed by atoms with Crippen molar-refractivity contribution in [2.45, 2.75) is 0 Å². The maximum Gasteiger partial charge on any atom is 0.336 e. The van der Waals surface area contributed by atoms with Crippen LogP contribution in [0.2, 0.25) is 0 Å². The molecule has 0 aromatic heterocycles. The minimum atomic E-state index is -1.26. The maximum atomic E-state index is 11.5. The van der Waals surface area contributed by atoms with E-state index in [1.807, 2.05) is 0 Å². The molecule has 0 saturated carbocycles. The van der Waals surface area contributed by atoms with E-state index in [9.17, 15) is 29.9 Å². The summed E-state index contributed by atoms with van der Waals surface area (Å²) in [6.07, 6.45) is 0. The van der Waals surface area contributed by atoms with Gasteiger partial charge in [0, 0.05) is 17.5 Å². The first-order valence-electron chi connectivity index (χ1n) is 6.50. The highest BCUT2D eigenvalue weighted by Crippen LogP contribution is 2.33. The lowest BCUT2D eigenvalue weighted by molar-refractivity contribution is -0.384. The summed E-state index contributed by atoms with van der Waals surface area (Å²) in [4.78, 5) is 33.3. The lowest BCUT2D eigenvalue weighted by atomic mass is 9.93. The number of nitrogens with zero attached hydrogens (tertiary/aromatic N) is 1. The molecule has 114 valence electrons. The van der Waals surface area contributed by atoms with E-state index in [2.05, 4.69) is 0 Å². The van der Waals surface area contributed by atoms with Gasteiger partial charge in [-0.15, -0.1) is 0 Å². The minimum Gasteiger partial charge on any atom is -0.478 e. The van der Waals surface area contributed by atoms with Crippen molar-refractivity contribution >= 4 is 39.2 Å². The van der Waals surface area contributed by atoms with Gasteiger partial charge in [0.05, 0.1) is 16.1 Å². The third-order valence-corrected chi connectivity index (χ3v) is 3.63. The molecule has 3 aromatic carbocycles. The number of benzene rings is 3. The fraction of sp³-hybridized carbons (Fsp3) is 0. The van der Waals surface area contributed by atoms with E-state index in [0.717, 1.165) is 0 Å². The van der Waals surface area contributed by atoms with Gasteiger partial charge >= 0.3 is 11.9 Å². The van der Waals surface area contributed by atoms with Gasteiger partial charge in [-0.1, -0.05) is 12.1 Å². The molecular formula is C16H9NO6. The highest BCUT2D eigenvalue weighted by atomic mass is 16.6. The first-order valence-corrected chi connectivity index (χ1v) is 6.50. The number of nitro groups is 1. The Morgan fingerprint density at radius 1 is 0.913 bits per heavy atom. The molecule has 0 amide bonds. The van der Waals surface area contributed by atoms with Crippen LogP contribution in [0.3, 0.4) is 0 Å². The second-order valence-corrected chi connectivity index (χ2v) is 4.93. The predicted molar refractivity (Wildman–Crippen MR) is 82.0 cm³/mol. The first-order chi connectivity index (χ1) is 10.9. The second kappa shape index (κ2) is 5.06. The number of nitro benzene ring substituents is 1. The van der Waals surface area contributed by atoms with Crippen molar-refractivity contribution in [2.75, 3.05) is 0 Å². The van der Waals surface area contributed by atoms with Crippen LogP contribution in [0.1, 0.15) is 20.7 Å². The fourth-order valence-corrected chi connectivity index (χ4v) is 2.66. The van der Waals surface area contributed by atoms with E-state index < -0.39 is 16.9 Å². The molecule has 7 nitrogen and oxygen atoms in total. The van der Waals surface area contributed by atoms with Crippen LogP contribution in [-0.2, 0) is 0 Å². The van der Waals surface area contributed by atoms with Gasteiger partial charge in [0.1, 0.15) is 0 Å². The normalized spacial score (nSPS) is 10.8. The number of fused-ring (bicyclic) bond motifs is 3. The number of hydrogen-bond acceptors (Lipinski definition) is 4. The second-order valence-electron chi connectivity index (χ2n) is 4.93. The zero-order valence-electron chi connectivity index (χ0n) is 11.5. The van der Waals surface area contributed by atoms with Crippen molar-refractivity contribution in [1.82, 2.24) is 0 Å². The summed E-state index contributed by atoms with van der Waals surface area (Å²) in [6.45, 7) is 0. The number of carboxylic acid groups (broad SMARTS) is 2. The van der Waals surface area contributed by atoms with Crippen molar-refractivity contribution in [3.63, 3.8) is 0 Å². The lowest BCUT2D eigenvalue weighted by Crippen LogP contribution is -2.04. The molecule has 3 aromatic rings. The highest BCUT2D eigenvalue weighted by molar-refractivity contribution is 6.21. The number of rotatable bonds is 3. The summed E-state index contributed by atoms with van der Waals surface area (Å²) in [5.41, 5.74) is -0.463. The number of carboxylic acids is 2. The monoisotopic (exact) mass is 311 g/mol. The Balaban J connectivity index is 2.57. The quantitative estimate of drug-likeness (QED) is 0.435. The van der Waals surface area contributed by atoms with Gasteiger partial charge in [-0.2, -0.15) is 0 Å². The van der Waals surface area contributed by atoms with Crippen LogP contribution in [0.4, 0.5) is 5.69 Å². The molecule has 0 fully saturated rings. The molecule has 0 bridgehead atoms. The average Bonchev–Trinajstić information content (AvgIpc) is 2.52. The van der Waals surface area contributed by atoms with Gasteiger partial charge in [-0.25, -0.2) is 9.59 Å². The molecular weight excluding hydrogens is 302 g/mol. The molecule has 2 N–H and O–H groups in total. The maximum absolute atomic E-state index is 11.5. The number of non-ortho nitro benzene ring substituents is 1. The van der Waals surface area contributed by atoms with Crippen LogP contribution in [-0.4, -0.2) is 27.1 Å². The van der Waals surface area contributed by atoms with Gasteiger partial charge in [-0.3, -0.25) is 10.1 Å². The molecule has 0 saturated heterocycles. The van der Waals surface area contributed by atoms with E-state index in [0.29, 0.717) is 16.2 Å². The van der Waals surface area contributed by atoms with Crippen LogP contribution in [0.5, 0.6) is 0 Å². The zero-order valence-corrected chi connectivity index (χ0v) is 11.5. The summed E-state index contributed by atoms with van der Waals surface area (Å²) in [6, 6.07) is 9.72. The molecule has 0 atom stereocenters. The molecule has 0 aliphatic carbocycles. The Labute approximate surface area is 128 Å². The third-order valence-electron chi connectivity index (χ3n) is 3.63. The smallest absolute Gasteiger partial charge is 0.336 e. The molecule has 0 radical (unpaired) electrons. The molecule has 0 spiro atoms. The van der Waals surface area contributed by atoms with Gasteiger partial charge in [0.15, 0.2) is 0 Å². The molecule has 0 heterocycles. The van der Waals surface area contributed by atoms with Crippen LogP contribution in [0.15, 0.2) is 42.5 Å². The van der Waals surface area contributed by atoms with Crippen molar-refractivity contribution < 1.29 is 24.7 Å². The Hall–Kier alpha value is -3.48. The average molecular weight is 311 g/mol. The topological polar surface area (TPSA) is 118 Å². The van der Waals surface area contributed by atoms with E-state index in [-0.39, 0.29) is 22.2 Å². The van der Waals surface area contributed by atoms with Crippen LogP contribution >= 0.6 is 0 Å². The summed E-state index contributed by atoms with van der Waals surface area (Å²) in [5.74, 6) is -2.52. The Bertz CT molecular complexity index is 1010. The van der Waals surface area contributed by atoms with Crippen molar-refractivity contribution in [2.24, 2.45) is 0 Å². The fourth-order valence-electron chi connectivity index (χ4n) is 2.66. The Morgan fingerprint density at radius 2 is 1.61 bits per heavy atom. The number of carbonyl (C=O) groups is 2. The Kier molecular flexibility index (Phi) is 3.18. The van der Waals surface area contributed by atoms with Gasteiger partial charge in [-0.05, 0) is 34.4 Å². The van der Waals surface area contributed by atoms with Crippen LogP contribution in [0, 0.1) is 10.1 Å². The summed E-state index contributed by atoms with van der Waals surface area (Å²) < 4.78 is 0. The zero-order chi connectivity index (χ0) is 16.7. The van der Waals surface area contributed by atoms with Crippen LogP contribution < -0.4 is 0 Å². The van der Waals surface area contributed by atoms with Gasteiger partial charge in [0.2, 0.25) is 0 Å². The SMILES string of the molecule is O=C(O)c1cccc2c1c(C(=O)O)cc1ccc([N+](=O)[O-])cc12. The summed E-state index contributed by atoms with van der Waals surface area (Å²) in [5, 5.41) is 31.0. The van der Waals surface area contributed by atoms with E-state index in [4.69, 9.17) is 0 Å². The van der Waals surface area contributed by atoms with Crippen LogP contribution in [0.25, 0.3) is 21.5 Å². The molecule has 0 aliphatic rings. The molecule has 3 rings (SSSR count). The minimum absolute atomic E-state index is 0.0560. The summed E-state index contributed by atoms with van der Waals surface area (Å²) in [7, 11) is 0. The van der Waals surface area contributed by atoms with Crippen molar-refractivity contribution in [3.8, 4) is 0 Å². The first kappa shape index (κ1) is 14.5. The van der Waals surface area contributed by atoms with E-state index in [1.54, 1.807) is 6.07 Å². The van der Waals surface area contributed by atoms with Gasteiger partial charge in [0.25, 0.3) is 5.69 Å². The highest BCUT2D eigenvalue weighted by Gasteiger charge is 2.19. The number of aromatic carboxylic acids is 2. The predicted octanol–water partition coefficient (Wildman–Crippen LogP) is 3.30. The van der Waals surface area contributed by atoms with E-state index >= 15 is 0 Å². The van der Waals surface area contributed by atoms with E-state index in [1.165, 1.54) is 36.4 Å². The molecule has 7 heteroatoms. The lowest BCUT2D eigenvalue weighted by Gasteiger charge is -2.10. The van der Waals surface area contributed by atoms with Crippen molar-refractivity contribution in [1.29, 1.82) is 0 Å². The largest absolute Gasteiger partial charge is 0.478 e. The van der Waals surface area contributed by atoms with Gasteiger partial charge < -0.3 is 10.2 Å². The standard InChI is InChI=1S/C16H9NO6/c18-15(19)11-3-1-2-10-12-7-9(17(22)23)5-4-8(12)6-13(14(10)11)16(20)21/h1-7H,(H,18,19)(H,20,21). The third kappa shape index (κ3) is 2.24. The molecule has 0 aliphatic heterocycles. The molecule has 23 heavy (non-hydrogen) atoms.